The number of benzene rings is 3. The van der Waals surface area contributed by atoms with Gasteiger partial charge in [-0.25, -0.2) is 13.6 Å². The second-order valence-corrected chi connectivity index (χ2v) is 8.16. The first-order valence-corrected chi connectivity index (χ1v) is 10.9. The van der Waals surface area contributed by atoms with Crippen molar-refractivity contribution in [3.8, 4) is 0 Å². The fraction of sp³-hybridized carbons (Fsp3) is 0.107. The zero-order valence-electron chi connectivity index (χ0n) is 17.9. The van der Waals surface area contributed by atoms with Crippen LogP contribution in [0.2, 0.25) is 5.02 Å². The van der Waals surface area contributed by atoms with Gasteiger partial charge in [0, 0.05) is 23.6 Å². The van der Waals surface area contributed by atoms with Gasteiger partial charge < -0.3 is 5.11 Å². The highest BCUT2D eigenvalue weighted by Gasteiger charge is 2.27. The van der Waals surface area contributed by atoms with Crippen molar-refractivity contribution in [1.82, 2.24) is 0 Å². The van der Waals surface area contributed by atoms with Crippen molar-refractivity contribution >= 4 is 40.6 Å². The molecule has 0 amide bonds. The van der Waals surface area contributed by atoms with Crippen molar-refractivity contribution in [2.24, 2.45) is 0 Å². The third-order valence-corrected chi connectivity index (χ3v) is 6.03. The summed E-state index contributed by atoms with van der Waals surface area (Å²) in [6.45, 7) is 1.96. The van der Waals surface area contributed by atoms with Crippen LogP contribution in [0.3, 0.4) is 0 Å². The second-order valence-electron chi connectivity index (χ2n) is 7.75. The summed E-state index contributed by atoms with van der Waals surface area (Å²) >= 11 is 6.41. The van der Waals surface area contributed by atoms with E-state index in [-0.39, 0.29) is 10.8 Å². The Kier molecular flexibility index (Phi) is 6.57. The minimum absolute atomic E-state index is 0.266. The van der Waals surface area contributed by atoms with Crippen LogP contribution in [0.5, 0.6) is 0 Å². The molecule has 3 aromatic rings. The molecule has 33 heavy (non-hydrogen) atoms. The van der Waals surface area contributed by atoms with Gasteiger partial charge in [-0.3, -0.25) is 0 Å². The number of rotatable bonds is 6. The fourth-order valence-electron chi connectivity index (χ4n) is 4.21. The van der Waals surface area contributed by atoms with E-state index in [9.17, 15) is 9.18 Å². The molecule has 0 aromatic heterocycles. The molecule has 0 bridgehead atoms. The maximum atomic E-state index is 15.7. The highest BCUT2D eigenvalue weighted by atomic mass is 35.5. The molecule has 0 radical (unpaired) electrons. The van der Waals surface area contributed by atoms with E-state index in [1.54, 1.807) is 24.3 Å². The third-order valence-electron chi connectivity index (χ3n) is 5.72. The summed E-state index contributed by atoms with van der Waals surface area (Å²) in [6.07, 6.45) is 3.55. The van der Waals surface area contributed by atoms with Gasteiger partial charge in [-0.15, -0.1) is 0 Å². The molecule has 0 aliphatic heterocycles. The van der Waals surface area contributed by atoms with Gasteiger partial charge in [-0.2, -0.15) is 0 Å². The number of hydrogen-bond donors (Lipinski definition) is 1. The van der Waals surface area contributed by atoms with Gasteiger partial charge in [-0.1, -0.05) is 73.1 Å². The first-order chi connectivity index (χ1) is 15.9. The summed E-state index contributed by atoms with van der Waals surface area (Å²) < 4.78 is 29.4. The smallest absolute Gasteiger partial charge is 0.328 e. The normalized spacial score (nSPS) is 13.9. The zero-order valence-corrected chi connectivity index (χ0v) is 18.7. The molecule has 166 valence electrons. The van der Waals surface area contributed by atoms with E-state index in [4.69, 9.17) is 16.7 Å². The summed E-state index contributed by atoms with van der Waals surface area (Å²) in [6, 6.07) is 18.9. The van der Waals surface area contributed by atoms with Gasteiger partial charge in [0.15, 0.2) is 0 Å². The van der Waals surface area contributed by atoms with E-state index >= 15 is 4.39 Å². The van der Waals surface area contributed by atoms with Gasteiger partial charge in [0.2, 0.25) is 0 Å². The Morgan fingerprint density at radius 1 is 1.06 bits per heavy atom. The van der Waals surface area contributed by atoms with Gasteiger partial charge in [0.25, 0.3) is 0 Å². The van der Waals surface area contributed by atoms with E-state index < -0.39 is 11.8 Å². The number of carboxylic acid groups (broad SMARTS) is 1. The predicted molar refractivity (Wildman–Crippen MR) is 130 cm³/mol. The molecular formula is C28H21ClF2O2. The Hall–Kier alpha value is -3.50. The first-order valence-electron chi connectivity index (χ1n) is 10.6. The zero-order chi connectivity index (χ0) is 23.5. The van der Waals surface area contributed by atoms with E-state index in [1.807, 2.05) is 37.3 Å². The molecule has 2 nitrogen and oxygen atoms in total. The molecule has 3 aromatic carbocycles. The van der Waals surface area contributed by atoms with E-state index in [0.717, 1.165) is 22.8 Å². The quantitative estimate of drug-likeness (QED) is 0.299. The molecular weight excluding hydrogens is 442 g/mol. The highest BCUT2D eigenvalue weighted by Crippen LogP contribution is 2.45. The van der Waals surface area contributed by atoms with Crippen LogP contribution < -0.4 is 0 Å². The van der Waals surface area contributed by atoms with Crippen molar-refractivity contribution in [3.05, 3.63) is 117 Å². The second kappa shape index (κ2) is 9.55. The molecule has 0 fully saturated rings. The van der Waals surface area contributed by atoms with Crippen LogP contribution in [-0.4, -0.2) is 11.1 Å². The van der Waals surface area contributed by atoms with Crippen LogP contribution in [0.15, 0.2) is 78.4 Å². The fourth-order valence-corrected chi connectivity index (χ4v) is 4.49. The van der Waals surface area contributed by atoms with Crippen molar-refractivity contribution in [1.29, 1.82) is 0 Å². The summed E-state index contributed by atoms with van der Waals surface area (Å²) in [5.74, 6) is -1.75. The topological polar surface area (TPSA) is 37.3 Å². The average Bonchev–Trinajstić information content (AvgIpc) is 3.13. The van der Waals surface area contributed by atoms with Crippen molar-refractivity contribution in [3.63, 3.8) is 0 Å². The molecule has 1 aliphatic rings. The van der Waals surface area contributed by atoms with Gasteiger partial charge in [0.05, 0.1) is 5.02 Å². The molecule has 1 N–H and O–H groups in total. The summed E-state index contributed by atoms with van der Waals surface area (Å²) in [7, 11) is 0. The maximum Gasteiger partial charge on any atom is 0.328 e. The van der Waals surface area contributed by atoms with Crippen LogP contribution in [0.4, 0.5) is 8.78 Å². The number of hydrogen-bond acceptors (Lipinski definition) is 1. The Balaban J connectivity index is 1.93. The van der Waals surface area contributed by atoms with Crippen molar-refractivity contribution in [2.75, 3.05) is 0 Å². The number of halogens is 3. The van der Waals surface area contributed by atoms with Crippen molar-refractivity contribution in [2.45, 2.75) is 19.8 Å². The molecule has 0 spiro atoms. The molecule has 0 atom stereocenters. The summed E-state index contributed by atoms with van der Waals surface area (Å²) in [5.41, 5.74) is 5.71. The minimum Gasteiger partial charge on any atom is -0.478 e. The third kappa shape index (κ3) is 4.67. The molecule has 1 aliphatic carbocycles. The lowest BCUT2D eigenvalue weighted by Gasteiger charge is -2.18. The van der Waals surface area contributed by atoms with Crippen LogP contribution in [0.1, 0.15) is 41.2 Å². The lowest BCUT2D eigenvalue weighted by Crippen LogP contribution is -1.99. The Morgan fingerprint density at radius 2 is 1.79 bits per heavy atom. The maximum absolute atomic E-state index is 15.7. The SMILES string of the molecule is CC/C(=C(\C1=C(F)c2ccccc2C1)c1ccc(/C=C/C(=O)O)cc1)c1ccc(F)cc1Cl. The molecule has 0 saturated carbocycles. The highest BCUT2D eigenvalue weighted by molar-refractivity contribution is 6.32. The van der Waals surface area contributed by atoms with Crippen LogP contribution in [-0.2, 0) is 11.2 Å². The van der Waals surface area contributed by atoms with Gasteiger partial charge in [0.1, 0.15) is 11.6 Å². The lowest BCUT2D eigenvalue weighted by atomic mass is 9.86. The monoisotopic (exact) mass is 462 g/mol. The molecule has 4 rings (SSSR count). The standard InChI is InChI=1S/C28H21ClF2O2/c1-2-21(23-13-12-20(30)16-25(23)29)27(18-10-7-17(8-11-18)9-14-26(32)33)24-15-19-5-3-4-6-22(19)28(24)31/h3-14,16H,2,15H2,1H3,(H,32,33)/b14-9+,27-21+. The first kappa shape index (κ1) is 22.7. The van der Waals surface area contributed by atoms with Crippen molar-refractivity contribution < 1.29 is 18.7 Å². The van der Waals surface area contributed by atoms with Gasteiger partial charge in [-0.05, 0) is 58.0 Å². The number of allylic oxidation sites excluding steroid dienone is 3. The van der Waals surface area contributed by atoms with Gasteiger partial charge >= 0.3 is 5.97 Å². The minimum atomic E-state index is -1.03. The molecule has 0 unspecified atom stereocenters. The lowest BCUT2D eigenvalue weighted by molar-refractivity contribution is -0.131. The van der Waals surface area contributed by atoms with E-state index in [1.165, 1.54) is 18.2 Å². The number of carbonyl (C=O) groups is 1. The number of fused-ring (bicyclic) bond motifs is 1. The van der Waals surface area contributed by atoms with E-state index in [0.29, 0.717) is 40.7 Å². The molecule has 5 heteroatoms. The van der Waals surface area contributed by atoms with Crippen LogP contribution in [0.25, 0.3) is 23.0 Å². The largest absolute Gasteiger partial charge is 0.478 e. The van der Waals surface area contributed by atoms with Crippen LogP contribution in [0, 0.1) is 5.82 Å². The summed E-state index contributed by atoms with van der Waals surface area (Å²) in [5, 5.41) is 9.14. The molecule has 0 heterocycles. The number of carboxylic acids is 1. The van der Waals surface area contributed by atoms with Crippen LogP contribution >= 0.6 is 11.6 Å². The molecule has 0 saturated heterocycles. The predicted octanol–water partition coefficient (Wildman–Crippen LogP) is 7.83. The summed E-state index contributed by atoms with van der Waals surface area (Å²) in [4.78, 5) is 10.8. The Morgan fingerprint density at radius 3 is 2.42 bits per heavy atom. The van der Waals surface area contributed by atoms with E-state index in [2.05, 4.69) is 0 Å². The average molecular weight is 463 g/mol. The number of aliphatic carboxylic acids is 1. The Bertz CT molecular complexity index is 1320. The Labute approximate surface area is 196 Å².